The Bertz CT molecular complexity index is 518. The van der Waals surface area contributed by atoms with Gasteiger partial charge >= 0.3 is 0 Å². The lowest BCUT2D eigenvalue weighted by Gasteiger charge is -2.12. The van der Waals surface area contributed by atoms with Gasteiger partial charge in [-0.2, -0.15) is 9.97 Å². The summed E-state index contributed by atoms with van der Waals surface area (Å²) in [7, 11) is 0. The highest BCUT2D eigenvalue weighted by atomic mass is 15.2. The van der Waals surface area contributed by atoms with E-state index in [1.54, 1.807) is 0 Å². The molecule has 1 heterocycles. The average Bonchev–Trinajstić information content (AvgIpc) is 2.39. The van der Waals surface area contributed by atoms with Crippen LogP contribution in [0.25, 0.3) is 0 Å². The van der Waals surface area contributed by atoms with E-state index in [-0.39, 0.29) is 5.41 Å². The molecule has 1 aliphatic rings. The van der Waals surface area contributed by atoms with Crippen LogP contribution in [0.1, 0.15) is 25.5 Å². The highest BCUT2D eigenvalue weighted by molar-refractivity contribution is 5.43. The molecular formula is C14H18N4. The van der Waals surface area contributed by atoms with Crippen molar-refractivity contribution in [3.8, 4) is 0 Å². The molecule has 0 atom stereocenters. The first-order valence-corrected chi connectivity index (χ1v) is 6.00. The van der Waals surface area contributed by atoms with Crippen LogP contribution in [0.15, 0.2) is 36.1 Å². The van der Waals surface area contributed by atoms with Gasteiger partial charge in [0.1, 0.15) is 11.6 Å². The third-order valence-corrected chi connectivity index (χ3v) is 2.61. The molecule has 4 nitrogen and oxygen atoms in total. The van der Waals surface area contributed by atoms with E-state index >= 15 is 0 Å². The summed E-state index contributed by atoms with van der Waals surface area (Å²) in [6.07, 6.45) is 10.4. The van der Waals surface area contributed by atoms with E-state index in [1.807, 2.05) is 26.0 Å². The number of anilines is 1. The number of nitrogens with one attached hydrogen (secondary N) is 1. The molecule has 0 radical (unpaired) electrons. The topological polar surface area (TPSA) is 50.7 Å². The second-order valence-corrected chi connectivity index (χ2v) is 5.01. The molecule has 1 N–H and O–H groups in total. The van der Waals surface area contributed by atoms with Gasteiger partial charge in [0.05, 0.1) is 0 Å². The minimum absolute atomic E-state index is 0.0743. The molecule has 1 aromatic rings. The molecule has 0 bridgehead atoms. The Balaban J connectivity index is 2.20. The minimum Gasteiger partial charge on any atom is -0.324 e. The van der Waals surface area contributed by atoms with Crippen molar-refractivity contribution in [1.82, 2.24) is 15.0 Å². The number of aromatic nitrogens is 3. The van der Waals surface area contributed by atoms with Crippen molar-refractivity contribution in [1.29, 1.82) is 0 Å². The predicted molar refractivity (Wildman–Crippen MR) is 73.1 cm³/mol. The molecule has 0 saturated carbocycles. The predicted octanol–water partition coefficient (Wildman–Crippen LogP) is 2.94. The molecule has 0 aromatic carbocycles. The first kappa shape index (κ1) is 12.5. The second-order valence-electron chi connectivity index (χ2n) is 5.01. The zero-order valence-electron chi connectivity index (χ0n) is 11.2. The lowest BCUT2D eigenvalue weighted by atomic mass is 9.93. The summed E-state index contributed by atoms with van der Waals surface area (Å²) in [5.41, 5.74) is 1.05. The summed E-state index contributed by atoms with van der Waals surface area (Å²) in [6, 6.07) is 0. The molecule has 2 rings (SSSR count). The summed E-state index contributed by atoms with van der Waals surface area (Å²) in [5.74, 6) is 2.03. The van der Waals surface area contributed by atoms with Gasteiger partial charge in [0.25, 0.3) is 0 Å². The molecule has 0 aliphatic heterocycles. The Morgan fingerprint density at radius 2 is 1.67 bits per heavy atom. The molecule has 0 saturated heterocycles. The van der Waals surface area contributed by atoms with Crippen LogP contribution in [0.5, 0.6) is 0 Å². The van der Waals surface area contributed by atoms with Crippen LogP contribution < -0.4 is 5.32 Å². The van der Waals surface area contributed by atoms with Crippen LogP contribution in [0, 0.1) is 19.3 Å². The molecule has 1 aliphatic carbocycles. The van der Waals surface area contributed by atoms with Crippen molar-refractivity contribution in [3.05, 3.63) is 47.7 Å². The Morgan fingerprint density at radius 1 is 1.00 bits per heavy atom. The normalized spacial score (nSPS) is 17.2. The summed E-state index contributed by atoms with van der Waals surface area (Å²) in [6.45, 7) is 8.04. The van der Waals surface area contributed by atoms with E-state index in [9.17, 15) is 0 Å². The summed E-state index contributed by atoms with van der Waals surface area (Å²) >= 11 is 0. The Kier molecular flexibility index (Phi) is 3.28. The monoisotopic (exact) mass is 242 g/mol. The first-order chi connectivity index (χ1) is 8.44. The van der Waals surface area contributed by atoms with E-state index in [0.717, 1.165) is 17.3 Å². The van der Waals surface area contributed by atoms with E-state index in [1.165, 1.54) is 0 Å². The highest BCUT2D eigenvalue weighted by Gasteiger charge is 2.11. The van der Waals surface area contributed by atoms with Gasteiger partial charge in [-0.3, -0.25) is 0 Å². The van der Waals surface area contributed by atoms with E-state index in [4.69, 9.17) is 0 Å². The number of hydrogen-bond acceptors (Lipinski definition) is 4. The van der Waals surface area contributed by atoms with Crippen LogP contribution >= 0.6 is 0 Å². The zero-order valence-corrected chi connectivity index (χ0v) is 11.2. The van der Waals surface area contributed by atoms with Crippen molar-refractivity contribution in [2.75, 3.05) is 5.32 Å². The second kappa shape index (κ2) is 4.72. The molecule has 0 amide bonds. The largest absolute Gasteiger partial charge is 0.324 e. The molecular weight excluding hydrogens is 224 g/mol. The van der Waals surface area contributed by atoms with Gasteiger partial charge in [0, 0.05) is 11.1 Å². The van der Waals surface area contributed by atoms with E-state index in [2.05, 4.69) is 52.3 Å². The molecule has 1 aromatic heterocycles. The number of hydrogen-bond donors (Lipinski definition) is 1. The SMILES string of the molecule is Cc1nc(C)nc(NC2=CC=CC(C)(C)C=C2)n1. The Hall–Kier alpha value is -1.97. The smallest absolute Gasteiger partial charge is 0.230 e. The number of rotatable bonds is 2. The fourth-order valence-electron chi connectivity index (χ4n) is 1.70. The number of nitrogens with zero attached hydrogens (tertiary/aromatic N) is 3. The van der Waals surface area contributed by atoms with Gasteiger partial charge in [-0.1, -0.05) is 32.1 Å². The maximum atomic E-state index is 4.26. The van der Waals surface area contributed by atoms with Gasteiger partial charge in [-0.15, -0.1) is 0 Å². The number of allylic oxidation sites excluding steroid dienone is 5. The first-order valence-electron chi connectivity index (χ1n) is 6.00. The van der Waals surface area contributed by atoms with Crippen LogP contribution in [-0.4, -0.2) is 15.0 Å². The van der Waals surface area contributed by atoms with Crippen LogP contribution in [0.4, 0.5) is 5.95 Å². The lowest BCUT2D eigenvalue weighted by molar-refractivity contribution is 0.627. The summed E-state index contributed by atoms with van der Waals surface area (Å²) < 4.78 is 0. The van der Waals surface area contributed by atoms with Crippen molar-refractivity contribution in [2.45, 2.75) is 27.7 Å². The fourth-order valence-corrected chi connectivity index (χ4v) is 1.70. The quantitative estimate of drug-likeness (QED) is 0.866. The van der Waals surface area contributed by atoms with E-state index in [0.29, 0.717) is 5.95 Å². The summed E-state index contributed by atoms with van der Waals surface area (Å²) in [5, 5.41) is 3.20. The zero-order chi connectivity index (χ0) is 13.2. The molecule has 94 valence electrons. The van der Waals surface area contributed by atoms with Crippen molar-refractivity contribution < 1.29 is 0 Å². The Morgan fingerprint density at radius 3 is 2.33 bits per heavy atom. The molecule has 0 spiro atoms. The van der Waals surface area contributed by atoms with E-state index < -0.39 is 0 Å². The van der Waals surface area contributed by atoms with Crippen LogP contribution in [-0.2, 0) is 0 Å². The van der Waals surface area contributed by atoms with Crippen molar-refractivity contribution >= 4 is 5.95 Å². The molecule has 18 heavy (non-hydrogen) atoms. The van der Waals surface area contributed by atoms with Gasteiger partial charge in [0.15, 0.2) is 0 Å². The number of aryl methyl sites for hydroxylation is 2. The molecule has 0 unspecified atom stereocenters. The average molecular weight is 242 g/mol. The maximum Gasteiger partial charge on any atom is 0.230 e. The maximum absolute atomic E-state index is 4.26. The lowest BCUT2D eigenvalue weighted by Crippen LogP contribution is -2.06. The van der Waals surface area contributed by atoms with Gasteiger partial charge in [-0.25, -0.2) is 4.98 Å². The molecule has 4 heteroatoms. The van der Waals surface area contributed by atoms with Crippen molar-refractivity contribution in [3.63, 3.8) is 0 Å². The van der Waals surface area contributed by atoms with Crippen LogP contribution in [0.2, 0.25) is 0 Å². The van der Waals surface area contributed by atoms with Gasteiger partial charge in [0.2, 0.25) is 5.95 Å². The van der Waals surface area contributed by atoms with Crippen molar-refractivity contribution in [2.24, 2.45) is 5.41 Å². The Labute approximate surface area is 108 Å². The third-order valence-electron chi connectivity index (χ3n) is 2.61. The van der Waals surface area contributed by atoms with Gasteiger partial charge < -0.3 is 5.32 Å². The third kappa shape index (κ3) is 3.26. The standard InChI is InChI=1S/C14H18N4/c1-10-15-11(2)17-13(16-10)18-12-6-5-8-14(3,4)9-7-12/h5-9H,1-4H3,(H,15,16,17,18). The van der Waals surface area contributed by atoms with Crippen LogP contribution in [0.3, 0.4) is 0 Å². The fraction of sp³-hybridized carbons (Fsp3) is 0.357. The van der Waals surface area contributed by atoms with Gasteiger partial charge in [-0.05, 0) is 26.0 Å². The molecule has 0 fully saturated rings. The summed E-state index contributed by atoms with van der Waals surface area (Å²) in [4.78, 5) is 12.7. The minimum atomic E-state index is 0.0743. The highest BCUT2D eigenvalue weighted by Crippen LogP contribution is 2.22.